The number of fused-ring (bicyclic) bond motifs is 1. The highest BCUT2D eigenvalue weighted by Crippen LogP contribution is 2.31. The Bertz CT molecular complexity index is 1210. The summed E-state index contributed by atoms with van der Waals surface area (Å²) in [5.41, 5.74) is 2.42. The second-order valence-electron chi connectivity index (χ2n) is 9.49. The highest BCUT2D eigenvalue weighted by molar-refractivity contribution is 6.30. The highest BCUT2D eigenvalue weighted by Gasteiger charge is 2.26. The standard InChI is InChI=1S/C26H35ClN4O3/c1-5-22-29-25-23(26(33)31(22)15-17-7-6-8-18(27)13-17)24(34-16(2)3)21(30(25)4)14-28-19-9-11-20(32)12-10-19/h6-8,13,16,19-20,28,32H,5,9-12,14-15H2,1-4H3. The molecule has 1 aliphatic rings. The second-order valence-corrected chi connectivity index (χ2v) is 9.93. The molecule has 1 fully saturated rings. The summed E-state index contributed by atoms with van der Waals surface area (Å²) in [6.07, 6.45) is 3.88. The molecule has 0 atom stereocenters. The summed E-state index contributed by atoms with van der Waals surface area (Å²) in [4.78, 5) is 18.8. The van der Waals surface area contributed by atoms with Gasteiger partial charge >= 0.3 is 0 Å². The number of hydrogen-bond acceptors (Lipinski definition) is 5. The fourth-order valence-corrected chi connectivity index (χ4v) is 5.00. The zero-order chi connectivity index (χ0) is 24.4. The normalized spacial score (nSPS) is 18.7. The summed E-state index contributed by atoms with van der Waals surface area (Å²) >= 11 is 6.19. The van der Waals surface area contributed by atoms with E-state index in [4.69, 9.17) is 21.3 Å². The lowest BCUT2D eigenvalue weighted by Crippen LogP contribution is -2.34. The number of halogens is 1. The number of nitrogens with one attached hydrogen (secondary N) is 1. The molecular formula is C26H35ClN4O3. The molecule has 4 rings (SSSR count). The summed E-state index contributed by atoms with van der Waals surface area (Å²) in [6.45, 7) is 6.93. The van der Waals surface area contributed by atoms with Crippen LogP contribution in [0, 0.1) is 0 Å². The van der Waals surface area contributed by atoms with Gasteiger partial charge in [-0.05, 0) is 57.2 Å². The number of aryl methyl sites for hydroxylation is 2. The molecule has 0 amide bonds. The lowest BCUT2D eigenvalue weighted by atomic mass is 9.93. The van der Waals surface area contributed by atoms with E-state index in [0.717, 1.165) is 42.8 Å². The monoisotopic (exact) mass is 486 g/mol. The molecule has 0 bridgehead atoms. The average Bonchev–Trinajstić information content (AvgIpc) is 3.05. The Hall–Kier alpha value is -2.35. The van der Waals surface area contributed by atoms with Crippen LogP contribution in [0.15, 0.2) is 29.1 Å². The van der Waals surface area contributed by atoms with Gasteiger partial charge in [-0.2, -0.15) is 0 Å². The molecule has 1 aliphatic carbocycles. The lowest BCUT2D eigenvalue weighted by Gasteiger charge is -2.26. The SMILES string of the molecule is CCc1nc2c(c(OC(C)C)c(CNC3CCC(O)CC3)n2C)c(=O)n1Cc1cccc(Cl)c1. The quantitative estimate of drug-likeness (QED) is 0.499. The minimum atomic E-state index is -0.190. The number of benzene rings is 1. The topological polar surface area (TPSA) is 81.3 Å². The third kappa shape index (κ3) is 5.16. The van der Waals surface area contributed by atoms with Gasteiger partial charge in [0.1, 0.15) is 11.2 Å². The molecule has 3 aromatic rings. The van der Waals surface area contributed by atoms with Gasteiger partial charge in [0, 0.05) is 31.1 Å². The minimum absolute atomic E-state index is 0.0826. The second kappa shape index (κ2) is 10.5. The van der Waals surface area contributed by atoms with Crippen molar-refractivity contribution < 1.29 is 9.84 Å². The molecular weight excluding hydrogens is 452 g/mol. The number of ether oxygens (including phenoxy) is 1. The number of rotatable bonds is 8. The molecule has 1 saturated carbocycles. The van der Waals surface area contributed by atoms with Crippen molar-refractivity contribution in [1.82, 2.24) is 19.4 Å². The predicted octanol–water partition coefficient (Wildman–Crippen LogP) is 4.18. The van der Waals surface area contributed by atoms with Crippen molar-refractivity contribution in [2.45, 2.75) is 84.2 Å². The van der Waals surface area contributed by atoms with Crippen LogP contribution in [0.25, 0.3) is 11.0 Å². The molecule has 1 aromatic carbocycles. The van der Waals surface area contributed by atoms with Gasteiger partial charge in [0.2, 0.25) is 0 Å². The summed E-state index contributed by atoms with van der Waals surface area (Å²) < 4.78 is 9.96. The van der Waals surface area contributed by atoms with Gasteiger partial charge in [-0.1, -0.05) is 30.7 Å². The number of aliphatic hydroxyl groups is 1. The molecule has 2 N–H and O–H groups in total. The Morgan fingerprint density at radius 2 is 2.00 bits per heavy atom. The summed E-state index contributed by atoms with van der Waals surface area (Å²) in [5.74, 6) is 1.34. The van der Waals surface area contributed by atoms with Crippen molar-refractivity contribution in [3.8, 4) is 5.75 Å². The molecule has 34 heavy (non-hydrogen) atoms. The zero-order valence-electron chi connectivity index (χ0n) is 20.5. The van der Waals surface area contributed by atoms with E-state index in [0.29, 0.717) is 47.4 Å². The van der Waals surface area contributed by atoms with E-state index in [1.165, 1.54) is 0 Å². The fraction of sp³-hybridized carbons (Fsp3) is 0.538. The predicted molar refractivity (Wildman–Crippen MR) is 136 cm³/mol. The fourth-order valence-electron chi connectivity index (χ4n) is 4.79. The molecule has 0 aliphatic heterocycles. The van der Waals surface area contributed by atoms with Crippen molar-refractivity contribution in [3.63, 3.8) is 0 Å². The maximum atomic E-state index is 13.9. The van der Waals surface area contributed by atoms with E-state index >= 15 is 0 Å². The maximum Gasteiger partial charge on any atom is 0.267 e. The largest absolute Gasteiger partial charge is 0.488 e. The lowest BCUT2D eigenvalue weighted by molar-refractivity contribution is 0.116. The van der Waals surface area contributed by atoms with Crippen molar-refractivity contribution >= 4 is 22.6 Å². The van der Waals surface area contributed by atoms with E-state index in [-0.39, 0.29) is 17.8 Å². The third-order valence-corrected chi connectivity index (χ3v) is 6.83. The molecule has 0 unspecified atom stereocenters. The molecule has 0 spiro atoms. The van der Waals surface area contributed by atoms with Gasteiger partial charge in [0.25, 0.3) is 5.56 Å². The molecule has 0 saturated heterocycles. The Kier molecular flexibility index (Phi) is 7.65. The first-order chi connectivity index (χ1) is 16.3. The van der Waals surface area contributed by atoms with Crippen LogP contribution in [0.5, 0.6) is 5.75 Å². The summed E-state index contributed by atoms with van der Waals surface area (Å²) in [7, 11) is 1.95. The highest BCUT2D eigenvalue weighted by atomic mass is 35.5. The van der Waals surface area contributed by atoms with Crippen molar-refractivity contribution in [1.29, 1.82) is 0 Å². The van der Waals surface area contributed by atoms with Crippen LogP contribution in [0.4, 0.5) is 0 Å². The molecule has 2 aromatic heterocycles. The maximum absolute atomic E-state index is 13.9. The molecule has 2 heterocycles. The van der Waals surface area contributed by atoms with Gasteiger partial charge < -0.3 is 19.7 Å². The zero-order valence-corrected chi connectivity index (χ0v) is 21.2. The smallest absolute Gasteiger partial charge is 0.267 e. The Morgan fingerprint density at radius 1 is 1.26 bits per heavy atom. The van der Waals surface area contributed by atoms with Crippen LogP contribution < -0.4 is 15.6 Å². The molecule has 7 nitrogen and oxygen atoms in total. The van der Waals surface area contributed by atoms with E-state index in [2.05, 4.69) is 5.32 Å². The summed E-state index contributed by atoms with van der Waals surface area (Å²) in [6, 6.07) is 7.91. The van der Waals surface area contributed by atoms with Gasteiger partial charge in [-0.3, -0.25) is 9.36 Å². The summed E-state index contributed by atoms with van der Waals surface area (Å²) in [5, 5.41) is 14.6. The van der Waals surface area contributed by atoms with E-state index < -0.39 is 0 Å². The minimum Gasteiger partial charge on any atom is -0.488 e. The van der Waals surface area contributed by atoms with Crippen LogP contribution in [0.1, 0.15) is 63.5 Å². The van der Waals surface area contributed by atoms with Crippen LogP contribution in [-0.2, 0) is 26.6 Å². The van der Waals surface area contributed by atoms with Crippen LogP contribution in [0.3, 0.4) is 0 Å². The molecule has 8 heteroatoms. The van der Waals surface area contributed by atoms with E-state index in [1.807, 2.05) is 56.7 Å². The molecule has 0 radical (unpaired) electrons. The first kappa shape index (κ1) is 24.8. The van der Waals surface area contributed by atoms with E-state index in [9.17, 15) is 9.90 Å². The molecule has 184 valence electrons. The van der Waals surface area contributed by atoms with Crippen molar-refractivity contribution in [3.05, 3.63) is 56.7 Å². The van der Waals surface area contributed by atoms with Gasteiger partial charge in [0.05, 0.1) is 24.4 Å². The number of aliphatic hydroxyl groups excluding tert-OH is 1. The van der Waals surface area contributed by atoms with Gasteiger partial charge in [-0.25, -0.2) is 4.98 Å². The first-order valence-corrected chi connectivity index (χ1v) is 12.6. The van der Waals surface area contributed by atoms with Crippen LogP contribution in [0.2, 0.25) is 5.02 Å². The van der Waals surface area contributed by atoms with E-state index in [1.54, 1.807) is 4.57 Å². The Balaban J connectivity index is 1.77. The Labute approximate surface area is 205 Å². The van der Waals surface area contributed by atoms with Crippen LogP contribution >= 0.6 is 11.6 Å². The number of nitrogens with zero attached hydrogens (tertiary/aromatic N) is 3. The first-order valence-electron chi connectivity index (χ1n) is 12.2. The average molecular weight is 487 g/mol. The third-order valence-electron chi connectivity index (χ3n) is 6.60. The number of aromatic nitrogens is 3. The van der Waals surface area contributed by atoms with Crippen LogP contribution in [-0.4, -0.2) is 37.5 Å². The Morgan fingerprint density at radius 3 is 2.65 bits per heavy atom. The number of hydrogen-bond donors (Lipinski definition) is 2. The van der Waals surface area contributed by atoms with Crippen molar-refractivity contribution in [2.75, 3.05) is 0 Å². The van der Waals surface area contributed by atoms with Crippen molar-refractivity contribution in [2.24, 2.45) is 7.05 Å². The van der Waals surface area contributed by atoms with Gasteiger partial charge in [-0.15, -0.1) is 0 Å². The van der Waals surface area contributed by atoms with Gasteiger partial charge in [0.15, 0.2) is 11.4 Å².